The molecule has 2 N–H and O–H groups in total. The van der Waals surface area contributed by atoms with Gasteiger partial charge < -0.3 is 10.5 Å². The van der Waals surface area contributed by atoms with E-state index >= 15 is 0 Å². The summed E-state index contributed by atoms with van der Waals surface area (Å²) in [6.45, 7) is 2.82. The summed E-state index contributed by atoms with van der Waals surface area (Å²) in [4.78, 5) is 0. The van der Waals surface area contributed by atoms with Crippen molar-refractivity contribution in [2.75, 3.05) is 7.11 Å². The Morgan fingerprint density at radius 3 is 2.58 bits per heavy atom. The third-order valence-electron chi connectivity index (χ3n) is 4.35. The number of hydrogen-bond donors (Lipinski definition) is 1. The lowest BCUT2D eigenvalue weighted by atomic mass is 9.84. The highest BCUT2D eigenvalue weighted by molar-refractivity contribution is 6.31. The molecule has 1 aromatic heterocycles. The van der Waals surface area contributed by atoms with Gasteiger partial charge in [0.1, 0.15) is 0 Å². The molecule has 19 heavy (non-hydrogen) atoms. The standard InChI is InChI=1S/C14H24ClN3O/c1-3-18-12(11(15)10-17-18)13(16)14(19-2)8-6-4-5-7-9-14/h10,13H,3-9,16H2,1-2H3. The van der Waals surface area contributed by atoms with Gasteiger partial charge in [-0.3, -0.25) is 4.68 Å². The summed E-state index contributed by atoms with van der Waals surface area (Å²) in [5, 5.41) is 4.94. The molecular formula is C14H24ClN3O. The van der Waals surface area contributed by atoms with Crippen LogP contribution in [0.5, 0.6) is 0 Å². The van der Waals surface area contributed by atoms with Gasteiger partial charge in [0, 0.05) is 13.7 Å². The van der Waals surface area contributed by atoms with Crippen molar-refractivity contribution in [1.82, 2.24) is 9.78 Å². The minimum absolute atomic E-state index is 0.217. The third kappa shape index (κ3) is 2.81. The number of ether oxygens (including phenoxy) is 1. The highest BCUT2D eigenvalue weighted by Gasteiger charge is 2.40. The molecule has 0 saturated heterocycles. The number of aromatic nitrogens is 2. The van der Waals surface area contributed by atoms with Gasteiger partial charge in [0.25, 0.3) is 0 Å². The second-order valence-corrected chi connectivity index (χ2v) is 5.76. The van der Waals surface area contributed by atoms with Gasteiger partial charge in [-0.15, -0.1) is 0 Å². The van der Waals surface area contributed by atoms with Crippen LogP contribution in [-0.4, -0.2) is 22.5 Å². The highest BCUT2D eigenvalue weighted by atomic mass is 35.5. The van der Waals surface area contributed by atoms with Crippen molar-refractivity contribution in [3.05, 3.63) is 16.9 Å². The van der Waals surface area contributed by atoms with Crippen LogP contribution in [-0.2, 0) is 11.3 Å². The normalized spacial score (nSPS) is 21.1. The number of nitrogens with two attached hydrogens (primary N) is 1. The molecule has 1 aliphatic carbocycles. The maximum atomic E-state index is 6.54. The van der Waals surface area contributed by atoms with Crippen molar-refractivity contribution in [2.45, 2.75) is 63.6 Å². The van der Waals surface area contributed by atoms with Crippen molar-refractivity contribution < 1.29 is 4.74 Å². The summed E-state index contributed by atoms with van der Waals surface area (Å²) in [5.41, 5.74) is 7.15. The predicted molar refractivity (Wildman–Crippen MR) is 77.3 cm³/mol. The first kappa shape index (κ1) is 14.8. The summed E-state index contributed by atoms with van der Waals surface area (Å²) in [5.74, 6) is 0. The molecule has 1 atom stereocenters. The molecule has 1 unspecified atom stereocenters. The van der Waals surface area contributed by atoms with Crippen molar-refractivity contribution >= 4 is 11.6 Å². The van der Waals surface area contributed by atoms with Crippen LogP contribution in [0.15, 0.2) is 6.20 Å². The Labute approximate surface area is 120 Å². The Morgan fingerprint density at radius 1 is 1.42 bits per heavy atom. The van der Waals surface area contributed by atoms with Gasteiger partial charge in [0.2, 0.25) is 0 Å². The van der Waals surface area contributed by atoms with Crippen LogP contribution >= 0.6 is 11.6 Å². The fourth-order valence-electron chi connectivity index (χ4n) is 3.15. The molecule has 0 aliphatic heterocycles. The number of halogens is 1. The first-order valence-corrected chi connectivity index (χ1v) is 7.54. The molecule has 1 saturated carbocycles. The van der Waals surface area contributed by atoms with Gasteiger partial charge in [0.15, 0.2) is 0 Å². The Morgan fingerprint density at radius 2 is 2.05 bits per heavy atom. The van der Waals surface area contributed by atoms with Crippen LogP contribution in [0.25, 0.3) is 0 Å². The van der Waals surface area contributed by atoms with Crippen molar-refractivity contribution in [3.63, 3.8) is 0 Å². The summed E-state index contributed by atoms with van der Waals surface area (Å²) < 4.78 is 7.76. The van der Waals surface area contributed by atoms with E-state index in [-0.39, 0.29) is 11.6 Å². The van der Waals surface area contributed by atoms with Gasteiger partial charge in [-0.25, -0.2) is 0 Å². The minimum Gasteiger partial charge on any atom is -0.376 e. The van der Waals surface area contributed by atoms with E-state index in [2.05, 4.69) is 5.10 Å². The predicted octanol–water partition coefficient (Wildman–Crippen LogP) is 3.30. The van der Waals surface area contributed by atoms with Crippen LogP contribution < -0.4 is 5.73 Å². The molecule has 1 aliphatic rings. The van der Waals surface area contributed by atoms with Crippen molar-refractivity contribution in [1.29, 1.82) is 0 Å². The molecule has 1 fully saturated rings. The molecule has 0 radical (unpaired) electrons. The number of nitrogens with zero attached hydrogens (tertiary/aromatic N) is 2. The monoisotopic (exact) mass is 285 g/mol. The maximum Gasteiger partial charge on any atom is 0.0886 e. The molecule has 2 rings (SSSR count). The molecule has 1 heterocycles. The summed E-state index contributed by atoms with van der Waals surface area (Å²) in [6.07, 6.45) is 8.53. The van der Waals surface area contributed by atoms with Gasteiger partial charge >= 0.3 is 0 Å². The molecule has 1 aromatic rings. The highest BCUT2D eigenvalue weighted by Crippen LogP contribution is 2.40. The second kappa shape index (κ2) is 6.25. The number of hydrogen-bond acceptors (Lipinski definition) is 3. The third-order valence-corrected chi connectivity index (χ3v) is 4.64. The minimum atomic E-state index is -0.299. The molecule has 4 nitrogen and oxygen atoms in total. The Balaban J connectivity index is 2.33. The van der Waals surface area contributed by atoms with E-state index in [1.165, 1.54) is 25.7 Å². The fourth-order valence-corrected chi connectivity index (χ4v) is 3.41. The van der Waals surface area contributed by atoms with Gasteiger partial charge in [-0.05, 0) is 19.8 Å². The topological polar surface area (TPSA) is 53.1 Å². The first-order chi connectivity index (χ1) is 9.14. The summed E-state index contributed by atoms with van der Waals surface area (Å²) in [7, 11) is 1.77. The van der Waals surface area contributed by atoms with E-state index in [1.54, 1.807) is 13.3 Å². The number of rotatable bonds is 4. The number of methoxy groups -OCH3 is 1. The van der Waals surface area contributed by atoms with Crippen molar-refractivity contribution in [2.24, 2.45) is 5.73 Å². The molecule has 5 heteroatoms. The van der Waals surface area contributed by atoms with Gasteiger partial charge in [0.05, 0.1) is 28.6 Å². The van der Waals surface area contributed by atoms with E-state index in [0.717, 1.165) is 25.1 Å². The van der Waals surface area contributed by atoms with E-state index in [9.17, 15) is 0 Å². The van der Waals surface area contributed by atoms with Crippen LogP contribution in [0.2, 0.25) is 5.02 Å². The van der Waals surface area contributed by atoms with Crippen molar-refractivity contribution in [3.8, 4) is 0 Å². The molecule has 0 spiro atoms. The van der Waals surface area contributed by atoms with E-state index < -0.39 is 0 Å². The lowest BCUT2D eigenvalue weighted by Gasteiger charge is -2.37. The largest absolute Gasteiger partial charge is 0.376 e. The Hall–Kier alpha value is -0.580. The molecule has 108 valence electrons. The molecule has 0 aromatic carbocycles. The second-order valence-electron chi connectivity index (χ2n) is 5.35. The van der Waals surface area contributed by atoms with Gasteiger partial charge in [-0.2, -0.15) is 5.10 Å². The summed E-state index contributed by atoms with van der Waals surface area (Å²) in [6, 6.07) is -0.217. The average Bonchev–Trinajstić information content (AvgIpc) is 2.65. The van der Waals surface area contributed by atoms with E-state index in [4.69, 9.17) is 22.1 Å². The van der Waals surface area contributed by atoms with Crippen LogP contribution in [0.1, 0.15) is 57.2 Å². The first-order valence-electron chi connectivity index (χ1n) is 7.16. The quantitative estimate of drug-likeness (QED) is 0.864. The summed E-state index contributed by atoms with van der Waals surface area (Å²) >= 11 is 6.28. The maximum absolute atomic E-state index is 6.54. The zero-order valence-corrected chi connectivity index (χ0v) is 12.6. The van der Waals surface area contributed by atoms with Crippen LogP contribution in [0, 0.1) is 0 Å². The lowest BCUT2D eigenvalue weighted by Crippen LogP contribution is -2.43. The Kier molecular flexibility index (Phi) is 4.87. The van der Waals surface area contributed by atoms with E-state index in [1.807, 2.05) is 11.6 Å². The molecule has 0 amide bonds. The SMILES string of the molecule is CCn1ncc(Cl)c1C(N)C1(OC)CCCCCC1. The molecule has 0 bridgehead atoms. The fraction of sp³-hybridized carbons (Fsp3) is 0.786. The molecular weight excluding hydrogens is 262 g/mol. The Bertz CT molecular complexity index is 411. The van der Waals surface area contributed by atoms with Gasteiger partial charge in [-0.1, -0.05) is 37.3 Å². The van der Waals surface area contributed by atoms with Crippen LogP contribution in [0.4, 0.5) is 0 Å². The zero-order valence-electron chi connectivity index (χ0n) is 11.9. The zero-order chi connectivity index (χ0) is 13.9. The van der Waals surface area contributed by atoms with Crippen LogP contribution in [0.3, 0.4) is 0 Å². The van der Waals surface area contributed by atoms with E-state index in [0.29, 0.717) is 5.02 Å². The average molecular weight is 286 g/mol. The lowest BCUT2D eigenvalue weighted by molar-refractivity contribution is -0.0460. The smallest absolute Gasteiger partial charge is 0.0886 e. The number of aryl methyl sites for hydroxylation is 1.